The van der Waals surface area contributed by atoms with Crippen LogP contribution in [-0.4, -0.2) is 0 Å². The maximum absolute atomic E-state index is 2.39. The molecular weight excluding hydrogens is 520 g/mol. The molecule has 6 aromatic carbocycles. The lowest BCUT2D eigenvalue weighted by Gasteiger charge is -2.27. The van der Waals surface area contributed by atoms with Gasteiger partial charge in [0.2, 0.25) is 0 Å². The third-order valence-electron chi connectivity index (χ3n) is 8.71. The monoisotopic (exact) mass is 556 g/mol. The standard InChI is InChI=1S/C41H36N2/c1-29-13-11-19-33(25-29)42(31-15-7-5-8-16-31)35-21-23-39-37(27-35)38-28-36(22-24-40(38)41(39,3)4)43(32-17-9-6-10-18-32)34-20-12-14-30(2)26-34/h5-28H,1-4H3. The molecule has 6 aromatic rings. The van der Waals surface area contributed by atoms with Crippen LogP contribution in [0.2, 0.25) is 0 Å². The number of hydrogen-bond donors (Lipinski definition) is 0. The molecule has 0 saturated heterocycles. The van der Waals surface area contributed by atoms with Gasteiger partial charge in [-0.3, -0.25) is 0 Å². The summed E-state index contributed by atoms with van der Waals surface area (Å²) < 4.78 is 0. The summed E-state index contributed by atoms with van der Waals surface area (Å²) in [6.45, 7) is 9.01. The molecule has 7 rings (SSSR count). The van der Waals surface area contributed by atoms with Crippen molar-refractivity contribution in [3.05, 3.63) is 168 Å². The quantitative estimate of drug-likeness (QED) is 0.201. The van der Waals surface area contributed by atoms with Gasteiger partial charge in [-0.15, -0.1) is 0 Å². The predicted octanol–water partition coefficient (Wildman–Crippen LogP) is 11.5. The van der Waals surface area contributed by atoms with Crippen molar-refractivity contribution in [2.75, 3.05) is 9.80 Å². The second-order valence-corrected chi connectivity index (χ2v) is 12.1. The molecule has 1 aliphatic rings. The minimum absolute atomic E-state index is 0.0937. The SMILES string of the molecule is Cc1cccc(N(c2ccccc2)c2ccc3c(c2)-c2cc(N(c4ccccc4)c4cccc(C)c4)ccc2C3(C)C)c1. The fraction of sp³-hybridized carbons (Fsp3) is 0.122. The van der Waals surface area contributed by atoms with Gasteiger partial charge in [-0.25, -0.2) is 0 Å². The van der Waals surface area contributed by atoms with E-state index in [2.05, 4.69) is 183 Å². The molecule has 0 aliphatic heterocycles. The van der Waals surface area contributed by atoms with Crippen molar-refractivity contribution in [2.45, 2.75) is 33.1 Å². The first kappa shape index (κ1) is 26.8. The average Bonchev–Trinajstić information content (AvgIpc) is 3.24. The number of anilines is 6. The normalized spacial score (nSPS) is 12.8. The van der Waals surface area contributed by atoms with E-state index in [-0.39, 0.29) is 5.41 Å². The van der Waals surface area contributed by atoms with Crippen LogP contribution in [-0.2, 0) is 5.41 Å². The number of fused-ring (bicyclic) bond motifs is 3. The zero-order valence-electron chi connectivity index (χ0n) is 25.3. The van der Waals surface area contributed by atoms with Crippen molar-refractivity contribution in [1.82, 2.24) is 0 Å². The molecule has 0 atom stereocenters. The molecule has 0 heterocycles. The molecule has 1 aliphatic carbocycles. The van der Waals surface area contributed by atoms with E-state index in [9.17, 15) is 0 Å². The van der Waals surface area contributed by atoms with Crippen molar-refractivity contribution in [3.8, 4) is 11.1 Å². The van der Waals surface area contributed by atoms with E-state index in [1.165, 1.54) is 33.4 Å². The van der Waals surface area contributed by atoms with Crippen molar-refractivity contribution >= 4 is 34.1 Å². The van der Waals surface area contributed by atoms with Crippen LogP contribution in [0.3, 0.4) is 0 Å². The Labute approximate surface area is 255 Å². The van der Waals surface area contributed by atoms with E-state index < -0.39 is 0 Å². The van der Waals surface area contributed by atoms with Gasteiger partial charge in [-0.1, -0.05) is 86.6 Å². The highest BCUT2D eigenvalue weighted by molar-refractivity contribution is 5.89. The summed E-state index contributed by atoms with van der Waals surface area (Å²) in [6, 6.07) is 52.9. The third-order valence-corrected chi connectivity index (χ3v) is 8.71. The Hall–Kier alpha value is -5.08. The summed E-state index contributed by atoms with van der Waals surface area (Å²) in [7, 11) is 0. The molecule has 0 radical (unpaired) electrons. The average molecular weight is 557 g/mol. The lowest BCUT2D eigenvalue weighted by atomic mass is 9.82. The summed E-state index contributed by atoms with van der Waals surface area (Å²) in [4.78, 5) is 4.73. The Bertz CT molecular complexity index is 1780. The van der Waals surface area contributed by atoms with Crippen LogP contribution in [0.25, 0.3) is 11.1 Å². The predicted molar refractivity (Wildman–Crippen MR) is 183 cm³/mol. The number of hydrogen-bond acceptors (Lipinski definition) is 2. The van der Waals surface area contributed by atoms with Gasteiger partial charge in [0.15, 0.2) is 0 Å². The molecule has 0 fully saturated rings. The molecular formula is C41H36N2. The molecule has 43 heavy (non-hydrogen) atoms. The van der Waals surface area contributed by atoms with Gasteiger partial charge < -0.3 is 9.80 Å². The molecule has 2 nitrogen and oxygen atoms in total. The maximum atomic E-state index is 2.39. The van der Waals surface area contributed by atoms with E-state index in [1.54, 1.807) is 0 Å². The van der Waals surface area contributed by atoms with Crippen molar-refractivity contribution in [3.63, 3.8) is 0 Å². The third kappa shape index (κ3) is 4.79. The zero-order valence-corrected chi connectivity index (χ0v) is 25.3. The number of aryl methyl sites for hydroxylation is 2. The van der Waals surface area contributed by atoms with Crippen LogP contribution >= 0.6 is 0 Å². The highest BCUT2D eigenvalue weighted by atomic mass is 15.1. The minimum atomic E-state index is -0.0937. The molecule has 0 saturated carbocycles. The lowest BCUT2D eigenvalue weighted by Crippen LogP contribution is -2.16. The van der Waals surface area contributed by atoms with Crippen LogP contribution in [0.5, 0.6) is 0 Å². The Morgan fingerprint density at radius 1 is 0.372 bits per heavy atom. The van der Waals surface area contributed by atoms with Crippen molar-refractivity contribution in [1.29, 1.82) is 0 Å². The summed E-state index contributed by atoms with van der Waals surface area (Å²) >= 11 is 0. The van der Waals surface area contributed by atoms with Crippen molar-refractivity contribution in [2.24, 2.45) is 0 Å². The van der Waals surface area contributed by atoms with Gasteiger partial charge in [0.05, 0.1) is 0 Å². The van der Waals surface area contributed by atoms with Gasteiger partial charge in [-0.05, 0) is 120 Å². The summed E-state index contributed by atoms with van der Waals surface area (Å²) in [6.07, 6.45) is 0. The second-order valence-electron chi connectivity index (χ2n) is 12.1. The van der Waals surface area contributed by atoms with Crippen LogP contribution in [0.1, 0.15) is 36.1 Å². The van der Waals surface area contributed by atoms with E-state index in [4.69, 9.17) is 0 Å². The molecule has 2 heteroatoms. The highest BCUT2D eigenvalue weighted by Gasteiger charge is 2.36. The zero-order chi connectivity index (χ0) is 29.6. The highest BCUT2D eigenvalue weighted by Crippen LogP contribution is 2.52. The molecule has 210 valence electrons. The first-order valence-electron chi connectivity index (χ1n) is 15.0. The van der Waals surface area contributed by atoms with E-state index in [0.717, 1.165) is 34.1 Å². The molecule has 0 N–H and O–H groups in total. The summed E-state index contributed by atoms with van der Waals surface area (Å²) in [5.74, 6) is 0. The lowest BCUT2D eigenvalue weighted by molar-refractivity contribution is 0.660. The summed E-state index contributed by atoms with van der Waals surface area (Å²) in [5.41, 5.74) is 14.6. The number of rotatable bonds is 6. The van der Waals surface area contributed by atoms with E-state index >= 15 is 0 Å². The smallest absolute Gasteiger partial charge is 0.0468 e. The Morgan fingerprint density at radius 2 is 0.744 bits per heavy atom. The molecule has 0 spiro atoms. The Morgan fingerprint density at radius 3 is 1.14 bits per heavy atom. The first-order chi connectivity index (χ1) is 20.9. The van der Waals surface area contributed by atoms with Crippen molar-refractivity contribution < 1.29 is 0 Å². The Kier molecular flexibility index (Phi) is 6.63. The molecule has 0 bridgehead atoms. The minimum Gasteiger partial charge on any atom is -0.310 e. The van der Waals surface area contributed by atoms with Gasteiger partial charge in [-0.2, -0.15) is 0 Å². The van der Waals surface area contributed by atoms with Gasteiger partial charge >= 0.3 is 0 Å². The van der Waals surface area contributed by atoms with Gasteiger partial charge in [0, 0.05) is 39.5 Å². The number of para-hydroxylation sites is 2. The van der Waals surface area contributed by atoms with Crippen LogP contribution in [0.15, 0.2) is 146 Å². The van der Waals surface area contributed by atoms with Crippen LogP contribution in [0.4, 0.5) is 34.1 Å². The fourth-order valence-electron chi connectivity index (χ4n) is 6.61. The molecule has 0 unspecified atom stereocenters. The number of nitrogens with zero attached hydrogens (tertiary/aromatic N) is 2. The van der Waals surface area contributed by atoms with Crippen LogP contribution < -0.4 is 9.80 Å². The van der Waals surface area contributed by atoms with Gasteiger partial charge in [0.25, 0.3) is 0 Å². The molecule has 0 aromatic heterocycles. The number of benzene rings is 6. The van der Waals surface area contributed by atoms with Gasteiger partial charge in [0.1, 0.15) is 0 Å². The van der Waals surface area contributed by atoms with Crippen LogP contribution in [0, 0.1) is 13.8 Å². The first-order valence-corrected chi connectivity index (χ1v) is 15.0. The summed E-state index contributed by atoms with van der Waals surface area (Å²) in [5, 5.41) is 0. The fourth-order valence-corrected chi connectivity index (χ4v) is 6.61. The Balaban J connectivity index is 1.41. The van der Waals surface area contributed by atoms with E-state index in [0.29, 0.717) is 0 Å². The largest absolute Gasteiger partial charge is 0.310 e. The second kappa shape index (κ2) is 10.6. The topological polar surface area (TPSA) is 6.48 Å². The van der Waals surface area contributed by atoms with E-state index in [1.807, 2.05) is 0 Å². The molecule has 0 amide bonds. The maximum Gasteiger partial charge on any atom is 0.0468 e.